The molecular formula is C26H26N6. The average Bonchev–Trinajstić information content (AvgIpc) is 3.30. The molecule has 0 amide bonds. The van der Waals surface area contributed by atoms with Crippen LogP contribution in [-0.2, 0) is 6.54 Å². The van der Waals surface area contributed by atoms with Gasteiger partial charge >= 0.3 is 0 Å². The lowest BCUT2D eigenvalue weighted by atomic mass is 9.97. The molecule has 6 heteroatoms. The van der Waals surface area contributed by atoms with Crippen LogP contribution >= 0.6 is 0 Å². The van der Waals surface area contributed by atoms with Crippen LogP contribution in [0, 0.1) is 5.41 Å². The standard InChI is InChI=1S/C26H26N6/c1-3-28-29-24(19-12-7-5-8-13-19)23(27)21-16-11-17-22(18-21)26-25(30-32(4-2)31-26)20-14-9-6-10-15-20/h5-18,27-28H,3-4H2,1-2H3/b27-23?,29-24-. The zero-order valence-electron chi connectivity index (χ0n) is 18.3. The highest BCUT2D eigenvalue weighted by molar-refractivity contribution is 6.52. The van der Waals surface area contributed by atoms with Gasteiger partial charge in [0.1, 0.15) is 17.1 Å². The van der Waals surface area contributed by atoms with Crippen LogP contribution in [0.4, 0.5) is 0 Å². The lowest BCUT2D eigenvalue weighted by Gasteiger charge is -2.11. The highest BCUT2D eigenvalue weighted by Crippen LogP contribution is 2.29. The molecule has 32 heavy (non-hydrogen) atoms. The minimum atomic E-state index is 0.350. The molecule has 2 N–H and O–H groups in total. The molecule has 6 nitrogen and oxygen atoms in total. The van der Waals surface area contributed by atoms with E-state index in [4.69, 9.17) is 15.6 Å². The van der Waals surface area contributed by atoms with Crippen molar-refractivity contribution in [3.8, 4) is 22.5 Å². The van der Waals surface area contributed by atoms with E-state index in [9.17, 15) is 0 Å². The van der Waals surface area contributed by atoms with Crippen molar-refractivity contribution in [1.29, 1.82) is 5.41 Å². The first-order chi connectivity index (χ1) is 15.7. The van der Waals surface area contributed by atoms with E-state index in [1.807, 2.05) is 98.8 Å². The van der Waals surface area contributed by atoms with Crippen LogP contribution in [0.5, 0.6) is 0 Å². The summed E-state index contributed by atoms with van der Waals surface area (Å²) in [6.07, 6.45) is 0. The van der Waals surface area contributed by atoms with Crippen molar-refractivity contribution in [3.05, 3.63) is 96.1 Å². The molecule has 3 aromatic carbocycles. The first kappa shape index (κ1) is 21.2. The summed E-state index contributed by atoms with van der Waals surface area (Å²) in [7, 11) is 0. The second-order valence-corrected chi connectivity index (χ2v) is 7.25. The first-order valence-corrected chi connectivity index (χ1v) is 10.8. The molecule has 0 aliphatic rings. The van der Waals surface area contributed by atoms with E-state index < -0.39 is 0 Å². The van der Waals surface area contributed by atoms with Gasteiger partial charge in [-0.2, -0.15) is 20.1 Å². The van der Waals surface area contributed by atoms with E-state index in [1.165, 1.54) is 0 Å². The van der Waals surface area contributed by atoms with Crippen LogP contribution in [0.2, 0.25) is 0 Å². The molecule has 1 aromatic heterocycles. The van der Waals surface area contributed by atoms with E-state index in [0.717, 1.165) is 33.6 Å². The second kappa shape index (κ2) is 9.83. The molecular weight excluding hydrogens is 396 g/mol. The minimum absolute atomic E-state index is 0.350. The van der Waals surface area contributed by atoms with Gasteiger partial charge in [-0.1, -0.05) is 78.9 Å². The van der Waals surface area contributed by atoms with Crippen molar-refractivity contribution in [1.82, 2.24) is 20.4 Å². The van der Waals surface area contributed by atoms with Crippen LogP contribution in [0.3, 0.4) is 0 Å². The Hall–Kier alpha value is -4.06. The Kier molecular flexibility index (Phi) is 6.51. The molecule has 1 heterocycles. The van der Waals surface area contributed by atoms with Crippen molar-refractivity contribution in [2.45, 2.75) is 20.4 Å². The summed E-state index contributed by atoms with van der Waals surface area (Å²) in [5.41, 5.74) is 9.20. The quantitative estimate of drug-likeness (QED) is 0.309. The Labute approximate surface area is 188 Å². The maximum Gasteiger partial charge on any atom is 0.121 e. The molecule has 160 valence electrons. The van der Waals surface area contributed by atoms with E-state index in [0.29, 0.717) is 24.5 Å². The third kappa shape index (κ3) is 4.49. The Balaban J connectivity index is 1.76. The van der Waals surface area contributed by atoms with Crippen LogP contribution in [0.15, 0.2) is 90.0 Å². The molecule has 0 aliphatic carbocycles. The maximum atomic E-state index is 8.91. The molecule has 0 atom stereocenters. The molecule has 0 aliphatic heterocycles. The number of nitrogens with zero attached hydrogens (tertiary/aromatic N) is 4. The zero-order chi connectivity index (χ0) is 22.3. The van der Waals surface area contributed by atoms with Crippen molar-refractivity contribution in [3.63, 3.8) is 0 Å². The minimum Gasteiger partial charge on any atom is -0.310 e. The number of hydrogen-bond donors (Lipinski definition) is 2. The summed E-state index contributed by atoms with van der Waals surface area (Å²) >= 11 is 0. The summed E-state index contributed by atoms with van der Waals surface area (Å²) in [5, 5.41) is 22.8. The van der Waals surface area contributed by atoms with Gasteiger partial charge in [-0.05, 0) is 19.9 Å². The first-order valence-electron chi connectivity index (χ1n) is 10.8. The number of nitrogens with one attached hydrogen (secondary N) is 2. The van der Waals surface area contributed by atoms with Crippen molar-refractivity contribution >= 4 is 11.4 Å². The third-order valence-electron chi connectivity index (χ3n) is 5.04. The summed E-state index contributed by atoms with van der Waals surface area (Å²) < 4.78 is 0. The van der Waals surface area contributed by atoms with Crippen LogP contribution in [0.25, 0.3) is 22.5 Å². The Bertz CT molecular complexity index is 1230. The monoisotopic (exact) mass is 422 g/mol. The van der Waals surface area contributed by atoms with Gasteiger partial charge in [-0.3, -0.25) is 5.41 Å². The molecule has 0 radical (unpaired) electrons. The number of hydrazone groups is 1. The SMILES string of the molecule is CCN/N=C(\C(=N)c1cccc(-c2nn(CC)nc2-c2ccccc2)c1)c1ccccc1. The van der Waals surface area contributed by atoms with Crippen molar-refractivity contribution < 1.29 is 0 Å². The number of benzene rings is 3. The molecule has 0 bridgehead atoms. The smallest absolute Gasteiger partial charge is 0.121 e. The highest BCUT2D eigenvalue weighted by atomic mass is 15.5. The van der Waals surface area contributed by atoms with Gasteiger partial charge in [0.25, 0.3) is 0 Å². The van der Waals surface area contributed by atoms with Gasteiger partial charge in [0, 0.05) is 28.8 Å². The van der Waals surface area contributed by atoms with Gasteiger partial charge < -0.3 is 5.43 Å². The predicted octanol–water partition coefficient (Wildman–Crippen LogP) is 5.01. The van der Waals surface area contributed by atoms with Crippen LogP contribution in [0.1, 0.15) is 25.0 Å². The van der Waals surface area contributed by atoms with Gasteiger partial charge in [0.15, 0.2) is 0 Å². The molecule has 0 spiro atoms. The fraction of sp³-hybridized carbons (Fsp3) is 0.154. The second-order valence-electron chi connectivity index (χ2n) is 7.25. The fourth-order valence-corrected chi connectivity index (χ4v) is 3.45. The van der Waals surface area contributed by atoms with Crippen LogP contribution in [-0.4, -0.2) is 33.0 Å². The molecule has 4 aromatic rings. The molecule has 0 unspecified atom stereocenters. The topological polar surface area (TPSA) is 79.0 Å². The van der Waals surface area contributed by atoms with E-state index in [1.54, 1.807) is 4.80 Å². The average molecular weight is 423 g/mol. The van der Waals surface area contributed by atoms with E-state index >= 15 is 0 Å². The van der Waals surface area contributed by atoms with E-state index in [2.05, 4.69) is 10.5 Å². The third-order valence-corrected chi connectivity index (χ3v) is 5.04. The van der Waals surface area contributed by atoms with Gasteiger partial charge in [-0.25, -0.2) is 0 Å². The Morgan fingerprint density at radius 1 is 0.812 bits per heavy atom. The number of rotatable bonds is 8. The molecule has 0 fully saturated rings. The van der Waals surface area contributed by atoms with Gasteiger partial charge in [-0.15, -0.1) is 0 Å². The highest BCUT2D eigenvalue weighted by Gasteiger charge is 2.18. The maximum absolute atomic E-state index is 8.91. The molecule has 0 saturated heterocycles. The predicted molar refractivity (Wildman–Crippen MR) is 130 cm³/mol. The summed E-state index contributed by atoms with van der Waals surface area (Å²) in [4.78, 5) is 1.71. The van der Waals surface area contributed by atoms with Crippen molar-refractivity contribution in [2.24, 2.45) is 5.10 Å². The number of aryl methyl sites for hydroxylation is 1. The summed E-state index contributed by atoms with van der Waals surface area (Å²) in [6.45, 7) is 5.37. The van der Waals surface area contributed by atoms with Gasteiger partial charge in [0.2, 0.25) is 0 Å². The largest absolute Gasteiger partial charge is 0.310 e. The summed E-state index contributed by atoms with van der Waals surface area (Å²) in [6, 6.07) is 27.8. The van der Waals surface area contributed by atoms with E-state index in [-0.39, 0.29) is 0 Å². The normalized spacial score (nSPS) is 11.4. The van der Waals surface area contributed by atoms with Crippen LogP contribution < -0.4 is 5.43 Å². The number of hydrogen-bond acceptors (Lipinski definition) is 5. The lowest BCUT2D eigenvalue weighted by molar-refractivity contribution is 0.572. The zero-order valence-corrected chi connectivity index (χ0v) is 18.3. The summed E-state index contributed by atoms with van der Waals surface area (Å²) in [5.74, 6) is 0. The van der Waals surface area contributed by atoms with Crippen molar-refractivity contribution in [2.75, 3.05) is 6.54 Å². The lowest BCUT2D eigenvalue weighted by Crippen LogP contribution is -2.20. The fourth-order valence-electron chi connectivity index (χ4n) is 3.45. The Morgan fingerprint density at radius 3 is 2.06 bits per heavy atom. The Morgan fingerprint density at radius 2 is 1.41 bits per heavy atom. The molecule has 4 rings (SSSR count). The van der Waals surface area contributed by atoms with Gasteiger partial charge in [0.05, 0.1) is 12.3 Å². The molecule has 0 saturated carbocycles. The number of aromatic nitrogens is 3.